The Bertz CT molecular complexity index is 889. The molecule has 0 spiro atoms. The first-order valence-corrected chi connectivity index (χ1v) is 11.0. The topological polar surface area (TPSA) is 76.0 Å². The molecule has 2 aromatic rings. The van der Waals surface area contributed by atoms with E-state index < -0.39 is 0 Å². The Balaban J connectivity index is 1.64. The van der Waals surface area contributed by atoms with Crippen molar-refractivity contribution in [2.45, 2.75) is 71.6 Å². The molecule has 2 amide bonds. The molecule has 162 valence electrons. The number of nitrogens with one attached hydrogen (secondary N) is 2. The molecule has 30 heavy (non-hydrogen) atoms. The highest BCUT2D eigenvalue weighted by Gasteiger charge is 2.22. The zero-order valence-corrected chi connectivity index (χ0v) is 18.6. The Morgan fingerprint density at radius 1 is 1.13 bits per heavy atom. The summed E-state index contributed by atoms with van der Waals surface area (Å²) in [5.41, 5.74) is 2.73. The van der Waals surface area contributed by atoms with Crippen LogP contribution in [0.5, 0.6) is 0 Å². The molecule has 1 aromatic carbocycles. The van der Waals surface area contributed by atoms with Gasteiger partial charge in [-0.1, -0.05) is 64.7 Å². The van der Waals surface area contributed by atoms with Gasteiger partial charge < -0.3 is 10.6 Å². The maximum Gasteiger partial charge on any atom is 0.244 e. The van der Waals surface area contributed by atoms with E-state index in [1.807, 2.05) is 37.3 Å². The predicted molar refractivity (Wildman–Crippen MR) is 120 cm³/mol. The third-order valence-corrected chi connectivity index (χ3v) is 5.79. The highest BCUT2D eigenvalue weighted by atomic mass is 16.2. The minimum absolute atomic E-state index is 0.0344. The molecule has 0 saturated heterocycles. The predicted octanol–water partition coefficient (Wildman–Crippen LogP) is 4.50. The molecule has 1 aliphatic rings. The highest BCUT2D eigenvalue weighted by molar-refractivity contribution is 5.94. The number of aromatic nitrogens is 2. The standard InChI is InChI=1S/C24H34N4O2/c1-17-9-5-8-12-19(17)28-21(15-20(27-28)24(2,3)4)26-23(30)16-25-22(29)14-13-18-10-6-7-11-18/h5,8-9,12,15,18H,6-7,10-11,13-14,16H2,1-4H3,(H,25,29)(H,26,30). The minimum Gasteiger partial charge on any atom is -0.347 e. The number of para-hydroxylation sites is 1. The van der Waals surface area contributed by atoms with E-state index in [-0.39, 0.29) is 23.8 Å². The van der Waals surface area contributed by atoms with Gasteiger partial charge >= 0.3 is 0 Å². The van der Waals surface area contributed by atoms with Crippen LogP contribution < -0.4 is 10.6 Å². The molecule has 1 aromatic heterocycles. The van der Waals surface area contributed by atoms with Gasteiger partial charge in [-0.15, -0.1) is 0 Å². The van der Waals surface area contributed by atoms with Gasteiger partial charge in [0.15, 0.2) is 0 Å². The van der Waals surface area contributed by atoms with Crippen LogP contribution in [0, 0.1) is 12.8 Å². The average Bonchev–Trinajstić information content (AvgIpc) is 3.35. The molecule has 6 nitrogen and oxygen atoms in total. The summed E-state index contributed by atoms with van der Waals surface area (Å²) < 4.78 is 1.77. The van der Waals surface area contributed by atoms with Crippen LogP contribution in [0.15, 0.2) is 30.3 Å². The fraction of sp³-hybridized carbons (Fsp3) is 0.542. The van der Waals surface area contributed by atoms with E-state index in [1.165, 1.54) is 25.7 Å². The second-order valence-corrected chi connectivity index (χ2v) is 9.38. The molecule has 0 unspecified atom stereocenters. The number of aryl methyl sites for hydroxylation is 1. The lowest BCUT2D eigenvalue weighted by Crippen LogP contribution is -2.33. The lowest BCUT2D eigenvalue weighted by molar-refractivity contribution is -0.124. The first-order valence-electron chi connectivity index (χ1n) is 11.0. The van der Waals surface area contributed by atoms with Crippen LogP contribution in [-0.4, -0.2) is 28.1 Å². The zero-order valence-electron chi connectivity index (χ0n) is 18.6. The Labute approximate surface area is 179 Å². The number of carbonyl (C=O) groups excluding carboxylic acids is 2. The number of rotatable bonds is 7. The first kappa shape index (κ1) is 22.1. The number of hydrogen-bond acceptors (Lipinski definition) is 3. The second-order valence-electron chi connectivity index (χ2n) is 9.38. The number of benzene rings is 1. The van der Waals surface area contributed by atoms with Gasteiger partial charge in [-0.05, 0) is 30.9 Å². The van der Waals surface area contributed by atoms with Gasteiger partial charge in [0, 0.05) is 17.9 Å². The van der Waals surface area contributed by atoms with Crippen molar-refractivity contribution in [2.75, 3.05) is 11.9 Å². The van der Waals surface area contributed by atoms with Gasteiger partial charge in [0.25, 0.3) is 0 Å². The van der Waals surface area contributed by atoms with E-state index in [9.17, 15) is 9.59 Å². The van der Waals surface area contributed by atoms with Crippen LogP contribution in [0.4, 0.5) is 5.82 Å². The summed E-state index contributed by atoms with van der Waals surface area (Å²) in [6.07, 6.45) is 6.43. The molecule has 2 N–H and O–H groups in total. The van der Waals surface area contributed by atoms with E-state index in [4.69, 9.17) is 5.10 Å². The first-order chi connectivity index (χ1) is 14.2. The summed E-state index contributed by atoms with van der Waals surface area (Å²) in [5.74, 6) is 0.975. The molecule has 1 fully saturated rings. The molecular formula is C24H34N4O2. The molecule has 1 aliphatic carbocycles. The van der Waals surface area contributed by atoms with Crippen LogP contribution in [0.25, 0.3) is 5.69 Å². The Hall–Kier alpha value is -2.63. The van der Waals surface area contributed by atoms with Gasteiger partial charge in [0.05, 0.1) is 17.9 Å². The number of carbonyl (C=O) groups is 2. The number of nitrogens with zero attached hydrogens (tertiary/aromatic N) is 2. The van der Waals surface area contributed by atoms with Crippen LogP contribution in [-0.2, 0) is 15.0 Å². The summed E-state index contributed by atoms with van der Waals surface area (Å²) in [6, 6.07) is 9.84. The van der Waals surface area contributed by atoms with Gasteiger partial charge in [-0.3, -0.25) is 9.59 Å². The minimum atomic E-state index is -0.251. The monoisotopic (exact) mass is 410 g/mol. The molecule has 0 bridgehead atoms. The molecule has 3 rings (SSSR count). The quantitative estimate of drug-likeness (QED) is 0.705. The van der Waals surface area contributed by atoms with Gasteiger partial charge in [-0.2, -0.15) is 5.10 Å². The normalized spacial score (nSPS) is 14.7. The van der Waals surface area contributed by atoms with E-state index in [2.05, 4.69) is 31.4 Å². The molecule has 1 saturated carbocycles. The Morgan fingerprint density at radius 2 is 1.83 bits per heavy atom. The molecule has 0 atom stereocenters. The lowest BCUT2D eigenvalue weighted by atomic mass is 9.92. The lowest BCUT2D eigenvalue weighted by Gasteiger charge is -2.14. The van der Waals surface area contributed by atoms with Crippen LogP contribution in [0.3, 0.4) is 0 Å². The summed E-state index contributed by atoms with van der Waals surface area (Å²) in [5, 5.41) is 10.4. The fourth-order valence-corrected chi connectivity index (χ4v) is 3.91. The van der Waals surface area contributed by atoms with Crippen molar-refractivity contribution in [3.8, 4) is 5.69 Å². The number of hydrogen-bond donors (Lipinski definition) is 2. The van der Waals surface area contributed by atoms with Crippen LogP contribution >= 0.6 is 0 Å². The molecule has 0 aliphatic heterocycles. The van der Waals surface area contributed by atoms with E-state index in [0.29, 0.717) is 18.2 Å². The maximum atomic E-state index is 12.5. The van der Waals surface area contributed by atoms with Crippen molar-refractivity contribution >= 4 is 17.6 Å². The van der Waals surface area contributed by atoms with E-state index in [0.717, 1.165) is 23.4 Å². The molecular weight excluding hydrogens is 376 g/mol. The highest BCUT2D eigenvalue weighted by Crippen LogP contribution is 2.29. The summed E-state index contributed by atoms with van der Waals surface area (Å²) in [7, 11) is 0. The van der Waals surface area contributed by atoms with Crippen molar-refractivity contribution < 1.29 is 9.59 Å². The van der Waals surface area contributed by atoms with E-state index >= 15 is 0 Å². The number of amides is 2. The van der Waals surface area contributed by atoms with Crippen LogP contribution in [0.2, 0.25) is 0 Å². The van der Waals surface area contributed by atoms with Crippen LogP contribution in [0.1, 0.15) is 70.6 Å². The van der Waals surface area contributed by atoms with Crippen molar-refractivity contribution in [2.24, 2.45) is 5.92 Å². The second kappa shape index (κ2) is 9.45. The van der Waals surface area contributed by atoms with Crippen molar-refractivity contribution in [1.82, 2.24) is 15.1 Å². The van der Waals surface area contributed by atoms with Crippen molar-refractivity contribution in [3.63, 3.8) is 0 Å². The van der Waals surface area contributed by atoms with Gasteiger partial charge in [0.1, 0.15) is 5.82 Å². The molecule has 1 heterocycles. The molecule has 0 radical (unpaired) electrons. The average molecular weight is 411 g/mol. The fourth-order valence-electron chi connectivity index (χ4n) is 3.91. The smallest absolute Gasteiger partial charge is 0.244 e. The van der Waals surface area contributed by atoms with E-state index in [1.54, 1.807) is 4.68 Å². The zero-order chi connectivity index (χ0) is 21.7. The maximum absolute atomic E-state index is 12.5. The third-order valence-electron chi connectivity index (χ3n) is 5.79. The summed E-state index contributed by atoms with van der Waals surface area (Å²) >= 11 is 0. The Kier molecular flexibility index (Phi) is 6.95. The Morgan fingerprint density at radius 3 is 2.50 bits per heavy atom. The SMILES string of the molecule is Cc1ccccc1-n1nc(C(C)(C)C)cc1NC(=O)CNC(=O)CCC1CCCC1. The number of anilines is 1. The molecule has 6 heteroatoms. The van der Waals surface area contributed by atoms with Gasteiger partial charge in [0.2, 0.25) is 11.8 Å². The summed E-state index contributed by atoms with van der Waals surface area (Å²) in [4.78, 5) is 24.7. The summed E-state index contributed by atoms with van der Waals surface area (Å²) in [6.45, 7) is 8.26. The van der Waals surface area contributed by atoms with Gasteiger partial charge in [-0.25, -0.2) is 4.68 Å². The third kappa shape index (κ3) is 5.71. The van der Waals surface area contributed by atoms with Crippen molar-refractivity contribution in [3.05, 3.63) is 41.6 Å². The largest absolute Gasteiger partial charge is 0.347 e. The van der Waals surface area contributed by atoms with Crippen molar-refractivity contribution in [1.29, 1.82) is 0 Å².